The summed E-state index contributed by atoms with van der Waals surface area (Å²) in [6.07, 6.45) is 1.25. The van der Waals surface area contributed by atoms with E-state index in [1.807, 2.05) is 7.05 Å². The molecule has 0 N–H and O–H groups in total. The van der Waals surface area contributed by atoms with Crippen LogP contribution in [0.25, 0.3) is 11.0 Å². The average molecular weight is 330 g/mol. The molecule has 1 saturated heterocycles. The minimum atomic E-state index is -0.365. The summed E-state index contributed by atoms with van der Waals surface area (Å²) in [5, 5.41) is 8.44. The second-order valence-corrected chi connectivity index (χ2v) is 5.70. The lowest BCUT2D eigenvalue weighted by atomic mass is 10.2. The second kappa shape index (κ2) is 5.72. The molecule has 8 heteroatoms. The number of amides is 1. The van der Waals surface area contributed by atoms with Gasteiger partial charge in [0.2, 0.25) is 0 Å². The first kappa shape index (κ1) is 14.8. The lowest BCUT2D eigenvalue weighted by Crippen LogP contribution is -2.42. The molecule has 0 bridgehead atoms. The van der Waals surface area contributed by atoms with E-state index in [0.29, 0.717) is 36.5 Å². The number of benzene rings is 1. The number of hydrogen-bond acceptors (Lipinski definition) is 5. The van der Waals surface area contributed by atoms with E-state index in [9.17, 15) is 9.18 Å². The lowest BCUT2D eigenvalue weighted by Gasteiger charge is -2.31. The van der Waals surface area contributed by atoms with Crippen LogP contribution in [0.1, 0.15) is 22.5 Å². The zero-order chi connectivity index (χ0) is 16.7. The van der Waals surface area contributed by atoms with Crippen LogP contribution in [0.15, 0.2) is 35.0 Å². The van der Waals surface area contributed by atoms with Gasteiger partial charge in [0.1, 0.15) is 23.8 Å². The maximum Gasteiger partial charge on any atom is 0.289 e. The highest BCUT2D eigenvalue weighted by Gasteiger charge is 2.30. The number of carbonyl (C=O) groups is 1. The molecular formula is C16H15FN4O3. The number of furan rings is 1. The first-order chi connectivity index (χ1) is 11.6. The second-order valence-electron chi connectivity index (χ2n) is 5.70. The van der Waals surface area contributed by atoms with Gasteiger partial charge in [-0.05, 0) is 24.3 Å². The molecule has 0 spiro atoms. The normalized spacial score (nSPS) is 18.2. The van der Waals surface area contributed by atoms with Gasteiger partial charge in [-0.15, -0.1) is 10.2 Å². The number of rotatable bonds is 2. The Morgan fingerprint density at radius 3 is 3.04 bits per heavy atom. The smallest absolute Gasteiger partial charge is 0.289 e. The minimum absolute atomic E-state index is 0.189. The molecule has 0 saturated carbocycles. The third-order valence-electron chi connectivity index (χ3n) is 4.08. The van der Waals surface area contributed by atoms with Gasteiger partial charge in [0.25, 0.3) is 5.91 Å². The van der Waals surface area contributed by atoms with Gasteiger partial charge in [0.05, 0.1) is 13.2 Å². The fourth-order valence-corrected chi connectivity index (χ4v) is 2.85. The van der Waals surface area contributed by atoms with Crippen molar-refractivity contribution in [2.75, 3.05) is 19.7 Å². The van der Waals surface area contributed by atoms with Crippen molar-refractivity contribution in [3.8, 4) is 0 Å². The third kappa shape index (κ3) is 2.54. The maximum atomic E-state index is 13.3. The van der Waals surface area contributed by atoms with Gasteiger partial charge >= 0.3 is 0 Å². The lowest BCUT2D eigenvalue weighted by molar-refractivity contribution is -0.0289. The van der Waals surface area contributed by atoms with Crippen molar-refractivity contribution in [2.45, 2.75) is 6.10 Å². The summed E-state index contributed by atoms with van der Waals surface area (Å²) < 4.78 is 26.3. The van der Waals surface area contributed by atoms with E-state index in [1.54, 1.807) is 21.9 Å². The van der Waals surface area contributed by atoms with E-state index >= 15 is 0 Å². The summed E-state index contributed by atoms with van der Waals surface area (Å²) in [5.74, 6) is 0.242. The van der Waals surface area contributed by atoms with Crippen LogP contribution in [-0.2, 0) is 11.8 Å². The fraction of sp³-hybridized carbons (Fsp3) is 0.312. The van der Waals surface area contributed by atoms with Crippen LogP contribution in [0.3, 0.4) is 0 Å². The van der Waals surface area contributed by atoms with E-state index < -0.39 is 0 Å². The number of fused-ring (bicyclic) bond motifs is 1. The molecule has 3 aromatic rings. The SMILES string of the molecule is Cn1cnnc1C1CN(C(=O)c2cc3cc(F)ccc3o2)CCO1. The molecular weight excluding hydrogens is 315 g/mol. The molecule has 3 heterocycles. The summed E-state index contributed by atoms with van der Waals surface area (Å²) in [6.45, 7) is 1.22. The van der Waals surface area contributed by atoms with Crippen molar-refractivity contribution in [1.82, 2.24) is 19.7 Å². The minimum Gasteiger partial charge on any atom is -0.451 e. The predicted molar refractivity (Wildman–Crippen MR) is 81.8 cm³/mol. The summed E-state index contributed by atoms with van der Waals surface area (Å²) in [5.41, 5.74) is 0.484. The van der Waals surface area contributed by atoms with Crippen molar-refractivity contribution < 1.29 is 18.3 Å². The Morgan fingerprint density at radius 1 is 1.38 bits per heavy atom. The van der Waals surface area contributed by atoms with Crippen LogP contribution in [0.4, 0.5) is 4.39 Å². The fourth-order valence-electron chi connectivity index (χ4n) is 2.85. The van der Waals surface area contributed by atoms with Gasteiger partial charge < -0.3 is 18.6 Å². The van der Waals surface area contributed by atoms with Gasteiger partial charge in [-0.1, -0.05) is 0 Å². The number of aryl methyl sites for hydroxylation is 1. The van der Waals surface area contributed by atoms with Crippen molar-refractivity contribution in [1.29, 1.82) is 0 Å². The van der Waals surface area contributed by atoms with Crippen molar-refractivity contribution >= 4 is 16.9 Å². The molecule has 24 heavy (non-hydrogen) atoms. The van der Waals surface area contributed by atoms with Gasteiger partial charge in [-0.25, -0.2) is 4.39 Å². The summed E-state index contributed by atoms with van der Waals surface area (Å²) in [7, 11) is 1.83. The predicted octanol–water partition coefficient (Wildman–Crippen LogP) is 1.91. The molecule has 124 valence electrons. The molecule has 1 atom stereocenters. The van der Waals surface area contributed by atoms with Crippen LogP contribution < -0.4 is 0 Å². The quantitative estimate of drug-likeness (QED) is 0.718. The van der Waals surface area contributed by atoms with E-state index in [4.69, 9.17) is 9.15 Å². The highest BCUT2D eigenvalue weighted by Crippen LogP contribution is 2.24. The number of hydrogen-bond donors (Lipinski definition) is 0. The highest BCUT2D eigenvalue weighted by molar-refractivity contribution is 5.96. The number of morpholine rings is 1. The first-order valence-corrected chi connectivity index (χ1v) is 7.55. The van der Waals surface area contributed by atoms with Gasteiger partial charge in [0.15, 0.2) is 11.6 Å². The van der Waals surface area contributed by atoms with Crippen molar-refractivity contribution in [2.24, 2.45) is 7.05 Å². The number of halogens is 1. The molecule has 1 aliphatic heterocycles. The number of nitrogens with zero attached hydrogens (tertiary/aromatic N) is 4. The van der Waals surface area contributed by atoms with Gasteiger partial charge in [0, 0.05) is 19.0 Å². The first-order valence-electron chi connectivity index (χ1n) is 7.55. The molecule has 7 nitrogen and oxygen atoms in total. The molecule has 1 unspecified atom stereocenters. The summed E-state index contributed by atoms with van der Waals surface area (Å²) >= 11 is 0. The molecule has 1 fully saturated rings. The van der Waals surface area contributed by atoms with Crippen LogP contribution in [-0.4, -0.2) is 45.3 Å². The number of aromatic nitrogens is 3. The van der Waals surface area contributed by atoms with Crippen molar-refractivity contribution in [3.05, 3.63) is 48.0 Å². The molecule has 2 aromatic heterocycles. The Morgan fingerprint density at radius 2 is 2.25 bits per heavy atom. The Labute approximate surface area is 136 Å². The molecule has 1 amide bonds. The average Bonchev–Trinajstić information content (AvgIpc) is 3.20. The van der Waals surface area contributed by atoms with E-state index in [0.717, 1.165) is 0 Å². The van der Waals surface area contributed by atoms with E-state index in [2.05, 4.69) is 10.2 Å². The third-order valence-corrected chi connectivity index (χ3v) is 4.08. The monoisotopic (exact) mass is 330 g/mol. The highest BCUT2D eigenvalue weighted by atomic mass is 19.1. The van der Waals surface area contributed by atoms with Crippen LogP contribution in [0, 0.1) is 5.82 Å². The summed E-state index contributed by atoms with van der Waals surface area (Å²) in [4.78, 5) is 14.3. The molecule has 4 rings (SSSR count). The Hall–Kier alpha value is -2.74. The Bertz CT molecular complexity index is 904. The zero-order valence-corrected chi connectivity index (χ0v) is 13.0. The Kier molecular flexibility index (Phi) is 3.53. The van der Waals surface area contributed by atoms with E-state index in [1.165, 1.54) is 18.2 Å². The molecule has 0 radical (unpaired) electrons. The molecule has 1 aromatic carbocycles. The topological polar surface area (TPSA) is 73.4 Å². The van der Waals surface area contributed by atoms with Crippen LogP contribution in [0.5, 0.6) is 0 Å². The summed E-state index contributed by atoms with van der Waals surface area (Å²) in [6, 6.07) is 5.73. The standard InChI is InChI=1S/C16H15FN4O3/c1-20-9-18-19-15(20)14-8-21(4-5-23-14)16(22)13-7-10-6-11(17)2-3-12(10)24-13/h2-3,6-7,9,14H,4-5,8H2,1H3. The molecule has 0 aliphatic carbocycles. The zero-order valence-electron chi connectivity index (χ0n) is 13.0. The number of carbonyl (C=O) groups excluding carboxylic acids is 1. The molecule has 1 aliphatic rings. The van der Waals surface area contributed by atoms with Gasteiger partial charge in [-0.3, -0.25) is 4.79 Å². The van der Waals surface area contributed by atoms with E-state index in [-0.39, 0.29) is 23.6 Å². The van der Waals surface area contributed by atoms with Gasteiger partial charge in [-0.2, -0.15) is 0 Å². The largest absolute Gasteiger partial charge is 0.451 e. The maximum absolute atomic E-state index is 13.3. The van der Waals surface area contributed by atoms with Crippen LogP contribution in [0.2, 0.25) is 0 Å². The van der Waals surface area contributed by atoms with Crippen molar-refractivity contribution in [3.63, 3.8) is 0 Å². The Balaban J connectivity index is 1.57. The van der Waals surface area contributed by atoms with Crippen LogP contribution >= 0.6 is 0 Å². The number of ether oxygens (including phenoxy) is 1.